The number of nitrogens with zero attached hydrogens (tertiary/aromatic N) is 1. The van der Waals surface area contributed by atoms with E-state index in [1.165, 1.54) is 6.07 Å². The zero-order chi connectivity index (χ0) is 19.1. The summed E-state index contributed by atoms with van der Waals surface area (Å²) in [6.07, 6.45) is 2.99. The molecule has 0 bridgehead atoms. The van der Waals surface area contributed by atoms with Crippen molar-refractivity contribution < 1.29 is 13.2 Å². The van der Waals surface area contributed by atoms with Gasteiger partial charge in [-0.3, -0.25) is 4.79 Å². The lowest BCUT2D eigenvalue weighted by Gasteiger charge is -2.31. The molecule has 8 heteroatoms. The molecule has 0 aliphatic carbocycles. The highest BCUT2D eigenvalue weighted by atomic mass is 35.5. The summed E-state index contributed by atoms with van der Waals surface area (Å²) in [5, 5.41) is 0. The second kappa shape index (κ2) is 10.9. The largest absolute Gasteiger partial charge is 0.342 e. The van der Waals surface area contributed by atoms with Crippen LogP contribution >= 0.6 is 12.4 Å². The third-order valence-corrected chi connectivity index (χ3v) is 6.33. The molecule has 0 aliphatic rings. The number of carbonyl (C=O) groups excluding carboxylic acids is 1. The molecule has 0 heterocycles. The van der Waals surface area contributed by atoms with Crippen molar-refractivity contribution in [2.24, 2.45) is 5.73 Å². The number of hydrogen-bond acceptors (Lipinski definition) is 4. The smallest absolute Gasteiger partial charge is 0.254 e. The van der Waals surface area contributed by atoms with Gasteiger partial charge in [-0.15, -0.1) is 12.4 Å². The minimum atomic E-state index is -3.86. The highest BCUT2D eigenvalue weighted by Gasteiger charge is 2.33. The molecule has 0 aliphatic heterocycles. The van der Waals surface area contributed by atoms with Crippen LogP contribution in [0.5, 0.6) is 0 Å². The van der Waals surface area contributed by atoms with Gasteiger partial charge in [0.1, 0.15) is 0 Å². The van der Waals surface area contributed by atoms with E-state index in [9.17, 15) is 13.2 Å². The minimum Gasteiger partial charge on any atom is -0.342 e. The first-order valence-electron chi connectivity index (χ1n) is 8.85. The lowest BCUT2D eigenvalue weighted by atomic mass is 9.95. The molecule has 26 heavy (non-hydrogen) atoms. The van der Waals surface area contributed by atoms with Gasteiger partial charge in [0, 0.05) is 25.7 Å². The third kappa shape index (κ3) is 5.94. The van der Waals surface area contributed by atoms with Gasteiger partial charge in [0.25, 0.3) is 5.91 Å². The summed E-state index contributed by atoms with van der Waals surface area (Å²) in [5.74, 6) is -0.291. The first-order chi connectivity index (χ1) is 11.8. The summed E-state index contributed by atoms with van der Waals surface area (Å²) < 4.78 is 28.6. The Morgan fingerprint density at radius 3 is 2.27 bits per heavy atom. The predicted molar refractivity (Wildman–Crippen MR) is 108 cm³/mol. The molecule has 150 valence electrons. The Balaban J connectivity index is 0.00000625. The Morgan fingerprint density at radius 2 is 1.77 bits per heavy atom. The van der Waals surface area contributed by atoms with E-state index in [-0.39, 0.29) is 35.3 Å². The fraction of sp³-hybridized carbons (Fsp3) is 0.611. The van der Waals surface area contributed by atoms with Crippen LogP contribution in [-0.4, -0.2) is 44.9 Å². The van der Waals surface area contributed by atoms with Gasteiger partial charge in [-0.05, 0) is 31.4 Å². The van der Waals surface area contributed by atoms with Crippen LogP contribution in [0.15, 0.2) is 29.2 Å². The second-order valence-electron chi connectivity index (χ2n) is 6.37. The lowest BCUT2D eigenvalue weighted by Crippen LogP contribution is -2.52. The number of halogens is 1. The Bertz CT molecular complexity index is 668. The molecule has 1 aromatic rings. The van der Waals surface area contributed by atoms with Crippen LogP contribution in [0.1, 0.15) is 56.8 Å². The van der Waals surface area contributed by atoms with Crippen molar-refractivity contribution in [3.05, 3.63) is 29.8 Å². The maximum absolute atomic E-state index is 12.9. The second-order valence-corrected chi connectivity index (χ2v) is 8.02. The average molecular weight is 406 g/mol. The summed E-state index contributed by atoms with van der Waals surface area (Å²) in [6.45, 7) is 6.63. The highest BCUT2D eigenvalue weighted by Crippen LogP contribution is 2.22. The zero-order valence-corrected chi connectivity index (χ0v) is 17.8. The van der Waals surface area contributed by atoms with E-state index >= 15 is 0 Å². The number of benzene rings is 1. The monoisotopic (exact) mass is 405 g/mol. The van der Waals surface area contributed by atoms with E-state index in [4.69, 9.17) is 5.73 Å². The van der Waals surface area contributed by atoms with Crippen LogP contribution < -0.4 is 10.5 Å². The molecule has 0 radical (unpaired) electrons. The van der Waals surface area contributed by atoms with Gasteiger partial charge >= 0.3 is 0 Å². The molecular weight excluding hydrogens is 374 g/mol. The fourth-order valence-electron chi connectivity index (χ4n) is 2.64. The molecule has 1 amide bonds. The van der Waals surface area contributed by atoms with Gasteiger partial charge in [-0.2, -0.15) is 0 Å². The van der Waals surface area contributed by atoms with E-state index in [1.807, 2.05) is 20.8 Å². The van der Waals surface area contributed by atoms with E-state index in [0.717, 1.165) is 12.8 Å². The Morgan fingerprint density at radius 1 is 1.19 bits per heavy atom. The zero-order valence-electron chi connectivity index (χ0n) is 16.1. The van der Waals surface area contributed by atoms with E-state index in [1.54, 1.807) is 30.1 Å². The Kier molecular flexibility index (Phi) is 10.4. The predicted octanol–water partition coefficient (Wildman–Crippen LogP) is 2.78. The summed E-state index contributed by atoms with van der Waals surface area (Å²) in [4.78, 5) is 14.3. The van der Waals surface area contributed by atoms with Crippen LogP contribution in [0.25, 0.3) is 0 Å². The maximum Gasteiger partial charge on any atom is 0.254 e. The van der Waals surface area contributed by atoms with E-state index < -0.39 is 15.6 Å². The molecule has 0 saturated heterocycles. The summed E-state index contributed by atoms with van der Waals surface area (Å²) >= 11 is 0. The van der Waals surface area contributed by atoms with Crippen LogP contribution in [0, 0.1) is 0 Å². The Labute approximate surface area is 164 Å². The number of rotatable bonds is 10. The Hall–Kier alpha value is -1.15. The van der Waals surface area contributed by atoms with Crippen molar-refractivity contribution in [3.8, 4) is 0 Å². The van der Waals surface area contributed by atoms with E-state index in [0.29, 0.717) is 19.4 Å². The van der Waals surface area contributed by atoms with E-state index in [2.05, 4.69) is 4.72 Å². The number of nitrogens with one attached hydrogen (secondary N) is 1. The first-order valence-corrected chi connectivity index (χ1v) is 10.3. The van der Waals surface area contributed by atoms with Gasteiger partial charge in [-0.25, -0.2) is 13.1 Å². The van der Waals surface area contributed by atoms with Crippen molar-refractivity contribution in [3.63, 3.8) is 0 Å². The molecule has 0 atom stereocenters. The number of carbonyl (C=O) groups is 1. The number of sulfonamides is 1. The minimum absolute atomic E-state index is 0. The maximum atomic E-state index is 12.9. The summed E-state index contributed by atoms with van der Waals surface area (Å²) in [6, 6.07) is 6.33. The normalized spacial score (nSPS) is 11.7. The number of amides is 1. The molecule has 0 saturated carbocycles. The summed E-state index contributed by atoms with van der Waals surface area (Å²) in [5.41, 5.74) is 5.29. The number of unbranched alkanes of at least 4 members (excludes halogenated alkanes) is 1. The number of hydrogen-bond donors (Lipinski definition) is 2. The van der Waals surface area contributed by atoms with Gasteiger partial charge in [-0.1, -0.05) is 39.3 Å². The summed E-state index contributed by atoms with van der Waals surface area (Å²) in [7, 11) is -2.17. The van der Waals surface area contributed by atoms with Crippen molar-refractivity contribution in [2.75, 3.05) is 20.1 Å². The van der Waals surface area contributed by atoms with Gasteiger partial charge in [0.2, 0.25) is 10.0 Å². The van der Waals surface area contributed by atoms with Crippen molar-refractivity contribution in [2.45, 2.75) is 56.9 Å². The van der Waals surface area contributed by atoms with Crippen molar-refractivity contribution in [1.82, 2.24) is 9.62 Å². The molecular formula is C18H32ClN3O3S. The molecule has 3 N–H and O–H groups in total. The third-order valence-electron chi connectivity index (χ3n) is 4.70. The molecule has 0 fully saturated rings. The molecule has 0 aromatic heterocycles. The van der Waals surface area contributed by atoms with Crippen molar-refractivity contribution >= 4 is 28.3 Å². The van der Waals surface area contributed by atoms with Crippen LogP contribution in [0.4, 0.5) is 0 Å². The van der Waals surface area contributed by atoms with Crippen LogP contribution in [0.2, 0.25) is 0 Å². The van der Waals surface area contributed by atoms with Gasteiger partial charge < -0.3 is 10.6 Å². The molecule has 1 rings (SSSR count). The topological polar surface area (TPSA) is 92.5 Å². The number of nitrogens with two attached hydrogens (primary N) is 1. The quantitative estimate of drug-likeness (QED) is 0.625. The van der Waals surface area contributed by atoms with Crippen LogP contribution in [-0.2, 0) is 10.0 Å². The van der Waals surface area contributed by atoms with Gasteiger partial charge in [0.15, 0.2) is 0 Å². The average Bonchev–Trinajstić information content (AvgIpc) is 2.63. The fourth-order valence-corrected chi connectivity index (χ4v) is 4.40. The molecule has 0 spiro atoms. The highest BCUT2D eigenvalue weighted by molar-refractivity contribution is 7.89. The standard InChI is InChI=1S/C18H31N3O3S.ClH/c1-5-8-13-21(4)17(22)15-11-9-10-12-16(15)25(23,24)20-18(6-2,7-3)14-19;/h9-12,20H,5-8,13-14,19H2,1-4H3;1H. The molecule has 1 aromatic carbocycles. The van der Waals surface area contributed by atoms with Crippen LogP contribution in [0.3, 0.4) is 0 Å². The first kappa shape index (κ1) is 24.8. The van der Waals surface area contributed by atoms with Crippen molar-refractivity contribution in [1.29, 1.82) is 0 Å². The SMILES string of the molecule is CCCCN(C)C(=O)c1ccccc1S(=O)(=O)NC(CC)(CC)CN.Cl. The lowest BCUT2D eigenvalue weighted by molar-refractivity contribution is 0.0789. The molecule has 6 nitrogen and oxygen atoms in total. The van der Waals surface area contributed by atoms with Gasteiger partial charge in [0.05, 0.1) is 10.5 Å². The molecule has 0 unspecified atom stereocenters.